The quantitative estimate of drug-likeness (QED) is 0.383. The molecule has 2 aromatic rings. The average molecular weight is 517 g/mol. The van der Waals surface area contributed by atoms with Crippen LogP contribution in [0.5, 0.6) is 0 Å². The van der Waals surface area contributed by atoms with Crippen molar-refractivity contribution in [1.29, 1.82) is 0 Å². The molecule has 0 saturated carbocycles. The highest BCUT2D eigenvalue weighted by atomic mass is 127. The summed E-state index contributed by atoms with van der Waals surface area (Å²) in [7, 11) is -1.37. The summed E-state index contributed by atoms with van der Waals surface area (Å²) in [5.74, 6) is 1.44. The lowest BCUT2D eigenvalue weighted by Crippen LogP contribution is -2.48. The maximum Gasteiger partial charge on any atom is 0.193 e. The minimum atomic E-state index is -3.17. The Hall–Kier alpha value is -1.62. The summed E-state index contributed by atoms with van der Waals surface area (Å²) >= 11 is 0. The van der Waals surface area contributed by atoms with Crippen molar-refractivity contribution in [2.24, 2.45) is 10.9 Å². The summed E-state index contributed by atoms with van der Waals surface area (Å²) in [6, 6.07) is 7.33. The predicted molar refractivity (Wildman–Crippen MR) is 122 cm³/mol. The molecule has 1 aromatic carbocycles. The van der Waals surface area contributed by atoms with Crippen molar-refractivity contribution in [1.82, 2.24) is 19.8 Å². The molecule has 1 aliphatic rings. The van der Waals surface area contributed by atoms with E-state index >= 15 is 0 Å². The van der Waals surface area contributed by atoms with Gasteiger partial charge in [0.15, 0.2) is 15.8 Å². The third-order valence-corrected chi connectivity index (χ3v) is 6.27. The zero-order chi connectivity index (χ0) is 19.4. The van der Waals surface area contributed by atoms with Crippen molar-refractivity contribution in [2.75, 3.05) is 26.4 Å². The van der Waals surface area contributed by atoms with Gasteiger partial charge < -0.3 is 14.8 Å². The van der Waals surface area contributed by atoms with Gasteiger partial charge in [0.25, 0.3) is 0 Å². The zero-order valence-corrected chi connectivity index (χ0v) is 19.6. The molecule has 0 spiro atoms. The first-order valence-corrected chi connectivity index (χ1v) is 11.0. The fraction of sp³-hybridized carbons (Fsp3) is 0.474. The summed E-state index contributed by atoms with van der Waals surface area (Å²) in [6.07, 6.45) is 8.02. The summed E-state index contributed by atoms with van der Waals surface area (Å²) in [6.45, 7) is 4.71. The largest absolute Gasteiger partial charge is 0.352 e. The van der Waals surface area contributed by atoms with E-state index in [0.29, 0.717) is 23.4 Å². The summed E-state index contributed by atoms with van der Waals surface area (Å²) < 4.78 is 25.3. The Balaban J connectivity index is 0.00000280. The Morgan fingerprint density at radius 3 is 2.61 bits per heavy atom. The first kappa shape index (κ1) is 22.7. The number of benzene rings is 1. The van der Waals surface area contributed by atoms with Crippen molar-refractivity contribution in [3.05, 3.63) is 48.5 Å². The van der Waals surface area contributed by atoms with Gasteiger partial charge in [-0.1, -0.05) is 19.1 Å². The van der Waals surface area contributed by atoms with Gasteiger partial charge in [0.05, 0.1) is 17.3 Å². The number of aliphatic imine (C=N–C) groups is 1. The lowest BCUT2D eigenvalue weighted by Gasteiger charge is -2.39. The SMILES string of the molecule is CN=C(NCc1ccc(S(C)(=O)=O)cc1)N1CCC(C)C(n2ccnc2)C1.I. The maximum atomic E-state index is 11.6. The maximum absolute atomic E-state index is 11.6. The highest BCUT2D eigenvalue weighted by Crippen LogP contribution is 2.27. The van der Waals surface area contributed by atoms with Crippen molar-refractivity contribution in [3.63, 3.8) is 0 Å². The standard InChI is InChI=1S/C19H27N5O2S.HI/c1-15-8-10-23(13-18(15)24-11-9-21-14-24)19(20-2)22-12-16-4-6-17(7-5-16)27(3,25)26;/h4-7,9,11,14-15,18H,8,10,12-13H2,1-3H3,(H,20,22);1H. The van der Waals surface area contributed by atoms with Gasteiger partial charge in [0.1, 0.15) is 0 Å². The van der Waals surface area contributed by atoms with Crippen LogP contribution < -0.4 is 5.32 Å². The number of nitrogens with one attached hydrogen (secondary N) is 1. The van der Waals surface area contributed by atoms with E-state index in [1.54, 1.807) is 19.2 Å². The van der Waals surface area contributed by atoms with Gasteiger partial charge in [-0.3, -0.25) is 4.99 Å². The van der Waals surface area contributed by atoms with Crippen LogP contribution in [0.15, 0.2) is 52.9 Å². The van der Waals surface area contributed by atoms with Crippen LogP contribution in [0.2, 0.25) is 0 Å². The second kappa shape index (κ2) is 9.73. The van der Waals surface area contributed by atoms with Crippen LogP contribution in [-0.4, -0.2) is 55.2 Å². The highest BCUT2D eigenvalue weighted by Gasteiger charge is 2.28. The molecule has 0 bridgehead atoms. The number of nitrogens with zero attached hydrogens (tertiary/aromatic N) is 4. The van der Waals surface area contributed by atoms with E-state index in [9.17, 15) is 8.42 Å². The molecular formula is C19H28IN5O2S. The molecule has 2 unspecified atom stereocenters. The fourth-order valence-corrected chi connectivity index (χ4v) is 4.09. The van der Waals surface area contributed by atoms with E-state index in [1.807, 2.05) is 30.9 Å². The Morgan fingerprint density at radius 2 is 2.04 bits per heavy atom. The molecule has 2 atom stereocenters. The Bertz CT molecular complexity index is 882. The van der Waals surface area contributed by atoms with Crippen LogP contribution in [0, 0.1) is 5.92 Å². The van der Waals surface area contributed by atoms with E-state index < -0.39 is 9.84 Å². The molecule has 7 nitrogen and oxygen atoms in total. The number of sulfone groups is 1. The molecule has 2 heterocycles. The average Bonchev–Trinajstić information content (AvgIpc) is 3.17. The van der Waals surface area contributed by atoms with E-state index in [4.69, 9.17) is 0 Å². The molecule has 1 aromatic heterocycles. The smallest absolute Gasteiger partial charge is 0.193 e. The lowest BCUT2D eigenvalue weighted by atomic mass is 9.93. The monoisotopic (exact) mass is 517 g/mol. The number of aromatic nitrogens is 2. The number of hydrogen-bond acceptors (Lipinski definition) is 4. The number of guanidine groups is 1. The number of halogens is 1. The van der Waals surface area contributed by atoms with Crippen LogP contribution in [0.1, 0.15) is 24.9 Å². The van der Waals surface area contributed by atoms with E-state index in [-0.39, 0.29) is 24.0 Å². The first-order chi connectivity index (χ1) is 12.9. The number of rotatable bonds is 4. The van der Waals surface area contributed by atoms with Gasteiger partial charge >= 0.3 is 0 Å². The Kier molecular flexibility index (Phi) is 7.87. The molecule has 9 heteroatoms. The second-order valence-corrected chi connectivity index (χ2v) is 9.12. The molecule has 0 radical (unpaired) electrons. The highest BCUT2D eigenvalue weighted by molar-refractivity contribution is 14.0. The molecular weight excluding hydrogens is 489 g/mol. The van der Waals surface area contributed by atoms with Crippen LogP contribution >= 0.6 is 24.0 Å². The van der Waals surface area contributed by atoms with Crippen molar-refractivity contribution >= 4 is 39.8 Å². The summed E-state index contributed by atoms with van der Waals surface area (Å²) in [5, 5.41) is 3.40. The minimum Gasteiger partial charge on any atom is -0.352 e. The summed E-state index contributed by atoms with van der Waals surface area (Å²) in [4.78, 5) is 11.2. The molecule has 1 fully saturated rings. The molecule has 0 aliphatic carbocycles. The van der Waals surface area contributed by atoms with Gasteiger partial charge in [-0.15, -0.1) is 24.0 Å². The molecule has 1 N–H and O–H groups in total. The Morgan fingerprint density at radius 1 is 1.32 bits per heavy atom. The number of piperidine rings is 1. The third-order valence-electron chi connectivity index (χ3n) is 5.14. The van der Waals surface area contributed by atoms with E-state index in [0.717, 1.165) is 31.0 Å². The van der Waals surface area contributed by atoms with Crippen LogP contribution in [0.3, 0.4) is 0 Å². The van der Waals surface area contributed by atoms with E-state index in [2.05, 4.69) is 31.7 Å². The number of imidazole rings is 1. The third kappa shape index (κ3) is 5.47. The van der Waals surface area contributed by atoms with Crippen molar-refractivity contribution < 1.29 is 8.42 Å². The van der Waals surface area contributed by atoms with Gasteiger partial charge in [0.2, 0.25) is 0 Å². The van der Waals surface area contributed by atoms with Crippen LogP contribution in [-0.2, 0) is 16.4 Å². The second-order valence-electron chi connectivity index (χ2n) is 7.11. The molecule has 28 heavy (non-hydrogen) atoms. The number of likely N-dealkylation sites (tertiary alicyclic amines) is 1. The van der Waals surface area contributed by atoms with Gasteiger partial charge in [-0.25, -0.2) is 13.4 Å². The Labute approximate surface area is 184 Å². The van der Waals surface area contributed by atoms with Crippen molar-refractivity contribution in [3.8, 4) is 0 Å². The predicted octanol–water partition coefficient (Wildman–Crippen LogP) is 2.56. The zero-order valence-electron chi connectivity index (χ0n) is 16.4. The van der Waals surface area contributed by atoms with E-state index in [1.165, 1.54) is 6.26 Å². The van der Waals surface area contributed by atoms with Gasteiger partial charge in [0, 0.05) is 45.3 Å². The molecule has 3 rings (SSSR count). The number of hydrogen-bond donors (Lipinski definition) is 1. The fourth-order valence-electron chi connectivity index (χ4n) is 3.46. The molecule has 0 amide bonds. The normalized spacial score (nSPS) is 20.5. The summed E-state index contributed by atoms with van der Waals surface area (Å²) in [5.41, 5.74) is 1.01. The molecule has 1 saturated heterocycles. The van der Waals surface area contributed by atoms with Crippen LogP contribution in [0.4, 0.5) is 0 Å². The van der Waals surface area contributed by atoms with Crippen LogP contribution in [0.25, 0.3) is 0 Å². The first-order valence-electron chi connectivity index (χ1n) is 9.10. The lowest BCUT2D eigenvalue weighted by molar-refractivity contribution is 0.189. The minimum absolute atomic E-state index is 0. The van der Waals surface area contributed by atoms with Gasteiger partial charge in [-0.2, -0.15) is 0 Å². The van der Waals surface area contributed by atoms with Crippen molar-refractivity contribution in [2.45, 2.75) is 30.8 Å². The van der Waals surface area contributed by atoms with Gasteiger partial charge in [-0.05, 0) is 30.0 Å². The topological polar surface area (TPSA) is 79.6 Å². The molecule has 1 aliphatic heterocycles. The molecule has 154 valence electrons.